The number of rotatable bonds is 6. The van der Waals surface area contributed by atoms with Gasteiger partial charge in [-0.05, 0) is 38.8 Å². The van der Waals surface area contributed by atoms with Crippen LogP contribution in [0, 0.1) is 0 Å². The first-order valence-electron chi connectivity index (χ1n) is 8.52. The molecule has 1 saturated heterocycles. The van der Waals surface area contributed by atoms with Crippen molar-refractivity contribution in [2.75, 3.05) is 38.2 Å². The first-order chi connectivity index (χ1) is 11.2. The third kappa shape index (κ3) is 3.65. The summed E-state index contributed by atoms with van der Waals surface area (Å²) < 4.78 is 0. The van der Waals surface area contributed by atoms with Crippen LogP contribution in [0.3, 0.4) is 0 Å². The summed E-state index contributed by atoms with van der Waals surface area (Å²) in [4.78, 5) is 16.3. The fourth-order valence-electron chi connectivity index (χ4n) is 3.34. The van der Waals surface area contributed by atoms with Crippen molar-refractivity contribution in [3.8, 4) is 0 Å². The van der Waals surface area contributed by atoms with Gasteiger partial charge in [0.25, 0.3) is 0 Å². The Morgan fingerprint density at radius 1 is 1.35 bits per heavy atom. The van der Waals surface area contributed by atoms with Crippen molar-refractivity contribution in [1.29, 1.82) is 0 Å². The van der Waals surface area contributed by atoms with E-state index in [0.29, 0.717) is 6.04 Å². The Kier molecular flexibility index (Phi) is 5.46. The fourth-order valence-corrected chi connectivity index (χ4v) is 4.27. The van der Waals surface area contributed by atoms with Crippen LogP contribution in [0.2, 0.25) is 0 Å². The zero-order valence-electron chi connectivity index (χ0n) is 14.0. The van der Waals surface area contributed by atoms with Crippen LogP contribution in [0.5, 0.6) is 0 Å². The molecule has 0 amide bonds. The summed E-state index contributed by atoms with van der Waals surface area (Å²) in [5.74, 6) is 1.10. The zero-order chi connectivity index (χ0) is 16.2. The predicted octanol–water partition coefficient (Wildman–Crippen LogP) is 2.54. The number of thiophene rings is 1. The average molecular weight is 334 g/mol. The molecule has 6 heteroatoms. The molecule has 3 heterocycles. The lowest BCUT2D eigenvalue weighted by atomic mass is 10.0. The number of fused-ring (bicyclic) bond motifs is 1. The second kappa shape index (κ2) is 7.55. The van der Waals surface area contributed by atoms with Gasteiger partial charge >= 0.3 is 0 Å². The Morgan fingerprint density at radius 2 is 2.13 bits per heavy atom. The van der Waals surface area contributed by atoms with Crippen LogP contribution in [0.1, 0.15) is 31.1 Å². The molecule has 0 unspecified atom stereocenters. The average Bonchev–Trinajstić information content (AvgIpc) is 3.03. The molecule has 3 rings (SSSR count). The number of hydrogen-bond acceptors (Lipinski definition) is 6. The molecule has 0 spiro atoms. The van der Waals surface area contributed by atoms with Crippen molar-refractivity contribution >= 4 is 27.4 Å². The summed E-state index contributed by atoms with van der Waals surface area (Å²) in [6, 6.07) is 2.87. The van der Waals surface area contributed by atoms with Crippen LogP contribution >= 0.6 is 11.3 Å². The Morgan fingerprint density at radius 3 is 2.83 bits per heavy atom. The molecule has 0 aliphatic carbocycles. The number of aliphatic hydroxyl groups excluding tert-OH is 1. The highest BCUT2D eigenvalue weighted by atomic mass is 32.1. The Hall–Kier alpha value is -1.24. The Labute approximate surface area is 142 Å². The lowest BCUT2D eigenvalue weighted by Gasteiger charge is -2.37. The SMILES string of the molecule is CCc1cc2c(N3CCC(N(C)CCCO)CC3)ncnc2s1. The van der Waals surface area contributed by atoms with Gasteiger partial charge in [0, 0.05) is 37.2 Å². The van der Waals surface area contributed by atoms with Gasteiger partial charge in [0.1, 0.15) is 17.0 Å². The van der Waals surface area contributed by atoms with Gasteiger partial charge in [-0.3, -0.25) is 0 Å². The molecule has 1 fully saturated rings. The van der Waals surface area contributed by atoms with Crippen molar-refractivity contribution in [3.05, 3.63) is 17.3 Å². The smallest absolute Gasteiger partial charge is 0.140 e. The van der Waals surface area contributed by atoms with E-state index in [1.807, 2.05) is 0 Å². The van der Waals surface area contributed by atoms with Gasteiger partial charge in [-0.2, -0.15) is 0 Å². The summed E-state index contributed by atoms with van der Waals surface area (Å²) in [7, 11) is 2.17. The first kappa shape index (κ1) is 16.6. The van der Waals surface area contributed by atoms with Crippen molar-refractivity contribution in [2.24, 2.45) is 0 Å². The number of piperidine rings is 1. The molecule has 23 heavy (non-hydrogen) atoms. The van der Waals surface area contributed by atoms with E-state index in [-0.39, 0.29) is 6.61 Å². The van der Waals surface area contributed by atoms with Crippen molar-refractivity contribution in [3.63, 3.8) is 0 Å². The lowest BCUT2D eigenvalue weighted by Crippen LogP contribution is -2.44. The van der Waals surface area contributed by atoms with Crippen LogP contribution < -0.4 is 4.90 Å². The normalized spacial score (nSPS) is 16.6. The highest BCUT2D eigenvalue weighted by molar-refractivity contribution is 7.18. The van der Waals surface area contributed by atoms with Gasteiger partial charge in [0.2, 0.25) is 0 Å². The van der Waals surface area contributed by atoms with Gasteiger partial charge in [-0.15, -0.1) is 11.3 Å². The largest absolute Gasteiger partial charge is 0.396 e. The highest BCUT2D eigenvalue weighted by Gasteiger charge is 2.24. The molecule has 1 aliphatic heterocycles. The maximum atomic E-state index is 8.98. The molecule has 1 aliphatic rings. The van der Waals surface area contributed by atoms with Gasteiger partial charge < -0.3 is 14.9 Å². The highest BCUT2D eigenvalue weighted by Crippen LogP contribution is 2.32. The van der Waals surface area contributed by atoms with E-state index in [1.54, 1.807) is 17.7 Å². The van der Waals surface area contributed by atoms with E-state index in [0.717, 1.165) is 56.0 Å². The fraction of sp³-hybridized carbons (Fsp3) is 0.647. The molecular formula is C17H26N4OS. The minimum atomic E-state index is 0.278. The second-order valence-electron chi connectivity index (χ2n) is 6.26. The third-order valence-electron chi connectivity index (χ3n) is 4.76. The topological polar surface area (TPSA) is 52.5 Å². The summed E-state index contributed by atoms with van der Waals surface area (Å²) in [6.07, 6.45) is 5.92. The molecule has 0 radical (unpaired) electrons. The quantitative estimate of drug-likeness (QED) is 0.880. The number of aliphatic hydroxyl groups is 1. The molecule has 2 aromatic heterocycles. The number of nitrogens with zero attached hydrogens (tertiary/aromatic N) is 4. The molecule has 0 aromatic carbocycles. The monoisotopic (exact) mass is 334 g/mol. The van der Waals surface area contributed by atoms with Crippen LogP contribution in [0.15, 0.2) is 12.4 Å². The third-order valence-corrected chi connectivity index (χ3v) is 5.95. The Bertz CT molecular complexity index is 637. The van der Waals surface area contributed by atoms with Gasteiger partial charge in [-0.25, -0.2) is 9.97 Å². The summed E-state index contributed by atoms with van der Waals surface area (Å²) in [5, 5.41) is 10.2. The van der Waals surface area contributed by atoms with Crippen molar-refractivity contribution < 1.29 is 5.11 Å². The van der Waals surface area contributed by atoms with E-state index in [4.69, 9.17) is 5.11 Å². The second-order valence-corrected chi connectivity index (χ2v) is 7.37. The van der Waals surface area contributed by atoms with Crippen molar-refractivity contribution in [1.82, 2.24) is 14.9 Å². The molecule has 0 atom stereocenters. The van der Waals surface area contributed by atoms with Crippen LogP contribution in [0.4, 0.5) is 5.82 Å². The molecule has 0 saturated carbocycles. The molecule has 2 aromatic rings. The maximum absolute atomic E-state index is 8.98. The maximum Gasteiger partial charge on any atom is 0.140 e. The number of hydrogen-bond donors (Lipinski definition) is 1. The van der Waals surface area contributed by atoms with E-state index in [1.165, 1.54) is 10.3 Å². The number of anilines is 1. The van der Waals surface area contributed by atoms with Crippen LogP contribution in [-0.2, 0) is 6.42 Å². The van der Waals surface area contributed by atoms with E-state index in [2.05, 4.69) is 39.8 Å². The van der Waals surface area contributed by atoms with Crippen molar-refractivity contribution in [2.45, 2.75) is 38.6 Å². The number of aryl methyl sites for hydroxylation is 1. The minimum Gasteiger partial charge on any atom is -0.396 e. The van der Waals surface area contributed by atoms with Crippen LogP contribution in [-0.4, -0.2) is 59.3 Å². The molecule has 5 nitrogen and oxygen atoms in total. The molecule has 126 valence electrons. The summed E-state index contributed by atoms with van der Waals surface area (Å²) in [5.41, 5.74) is 0. The van der Waals surface area contributed by atoms with Gasteiger partial charge in [0.15, 0.2) is 0 Å². The standard InChI is InChI=1S/C17H26N4OS/c1-3-14-11-15-16(18-12-19-17(15)23-14)21-8-5-13(6-9-21)20(2)7-4-10-22/h11-13,22H,3-10H2,1-2H3. The summed E-state index contributed by atoms with van der Waals surface area (Å²) >= 11 is 1.78. The lowest BCUT2D eigenvalue weighted by molar-refractivity contribution is 0.184. The molecule has 0 bridgehead atoms. The predicted molar refractivity (Wildman–Crippen MR) is 96.4 cm³/mol. The first-order valence-corrected chi connectivity index (χ1v) is 9.34. The number of aromatic nitrogens is 2. The molecular weight excluding hydrogens is 308 g/mol. The van der Waals surface area contributed by atoms with Gasteiger partial charge in [0.05, 0.1) is 5.39 Å². The molecule has 1 N–H and O–H groups in total. The summed E-state index contributed by atoms with van der Waals surface area (Å²) in [6.45, 7) is 5.52. The van der Waals surface area contributed by atoms with E-state index < -0.39 is 0 Å². The zero-order valence-corrected chi connectivity index (χ0v) is 14.8. The van der Waals surface area contributed by atoms with Crippen LogP contribution in [0.25, 0.3) is 10.2 Å². The van der Waals surface area contributed by atoms with E-state index >= 15 is 0 Å². The van der Waals surface area contributed by atoms with E-state index in [9.17, 15) is 0 Å². The Balaban J connectivity index is 1.69. The minimum absolute atomic E-state index is 0.278. The van der Waals surface area contributed by atoms with Gasteiger partial charge in [-0.1, -0.05) is 6.92 Å².